The zero-order valence-electron chi connectivity index (χ0n) is 18.2. The number of carbonyl (C=O) groups excluding carboxylic acids is 2. The highest BCUT2D eigenvalue weighted by Crippen LogP contribution is 2.36. The Bertz CT molecular complexity index is 1010. The molecule has 2 aliphatic heterocycles. The molecular formula is C23H27N3O5S. The Hall–Kier alpha value is -2.88. The van der Waals surface area contributed by atoms with Crippen molar-refractivity contribution >= 4 is 28.7 Å². The second kappa shape index (κ2) is 9.72. The van der Waals surface area contributed by atoms with Gasteiger partial charge in [0.1, 0.15) is 5.70 Å². The van der Waals surface area contributed by atoms with Crippen LogP contribution in [0.1, 0.15) is 10.4 Å². The molecule has 1 fully saturated rings. The molecule has 32 heavy (non-hydrogen) atoms. The van der Waals surface area contributed by atoms with Crippen LogP contribution in [0, 0.1) is 0 Å². The van der Waals surface area contributed by atoms with Crippen LogP contribution in [-0.4, -0.2) is 85.2 Å². The highest BCUT2D eigenvalue weighted by molar-refractivity contribution is 7.11. The van der Waals surface area contributed by atoms with Gasteiger partial charge < -0.3 is 19.5 Å². The molecule has 1 saturated heterocycles. The number of hydrogen-bond acceptors (Lipinski definition) is 8. The topological polar surface area (TPSA) is 82.5 Å². The number of hydrogen-bond donors (Lipinski definition) is 1. The molecule has 4 rings (SSSR count). The first kappa shape index (κ1) is 22.3. The Labute approximate surface area is 191 Å². The summed E-state index contributed by atoms with van der Waals surface area (Å²) >= 11 is 1.46. The van der Waals surface area contributed by atoms with E-state index in [0.717, 1.165) is 23.5 Å². The quantitative estimate of drug-likeness (QED) is 0.604. The van der Waals surface area contributed by atoms with E-state index in [1.54, 1.807) is 26.4 Å². The number of aliphatic hydroxyl groups excluding tert-OH is 1. The molecule has 0 spiro atoms. The van der Waals surface area contributed by atoms with Gasteiger partial charge in [0.25, 0.3) is 11.8 Å². The van der Waals surface area contributed by atoms with Gasteiger partial charge in [-0.1, -0.05) is 12.1 Å². The van der Waals surface area contributed by atoms with Gasteiger partial charge in [-0.05, 0) is 29.1 Å². The first-order valence-corrected chi connectivity index (χ1v) is 11.4. The molecule has 1 N–H and O–H groups in total. The molecule has 1 aromatic carbocycles. The molecule has 1 aromatic heterocycles. The SMILES string of the molecule is COc1ccc(CN2C(=O)C(c3cccs3)=C(N3CCN(CCO)CC3)C2=O)cc1OC. The molecule has 0 unspecified atom stereocenters. The number of methoxy groups -OCH3 is 2. The van der Waals surface area contributed by atoms with E-state index in [1.807, 2.05) is 28.5 Å². The number of rotatable bonds is 8. The number of piperazine rings is 1. The van der Waals surface area contributed by atoms with Crippen LogP contribution in [-0.2, 0) is 16.1 Å². The van der Waals surface area contributed by atoms with Crippen molar-refractivity contribution in [2.45, 2.75) is 6.54 Å². The van der Waals surface area contributed by atoms with E-state index in [0.29, 0.717) is 42.4 Å². The third-order valence-electron chi connectivity index (χ3n) is 5.80. The standard InChI is InChI=1S/C23H27N3O5S/c1-30-17-6-5-16(14-18(17)31-2)15-26-22(28)20(19-4-3-13-32-19)21(23(26)29)25-9-7-24(8-10-25)11-12-27/h3-6,13-14,27H,7-12,15H2,1-2H3. The Balaban J connectivity index is 1.62. The Morgan fingerprint density at radius 2 is 1.75 bits per heavy atom. The minimum atomic E-state index is -0.278. The molecule has 9 heteroatoms. The number of amides is 2. The normalized spacial score (nSPS) is 17.5. The van der Waals surface area contributed by atoms with Crippen molar-refractivity contribution in [2.24, 2.45) is 0 Å². The predicted octanol–water partition coefficient (Wildman–Crippen LogP) is 1.66. The summed E-state index contributed by atoms with van der Waals surface area (Å²) in [4.78, 5) is 33.2. The van der Waals surface area contributed by atoms with Crippen LogP contribution in [0.4, 0.5) is 0 Å². The first-order chi connectivity index (χ1) is 15.6. The van der Waals surface area contributed by atoms with Gasteiger partial charge in [0.15, 0.2) is 11.5 Å². The molecule has 3 heterocycles. The average molecular weight is 458 g/mol. The summed E-state index contributed by atoms with van der Waals surface area (Å²) in [5.41, 5.74) is 1.73. The van der Waals surface area contributed by atoms with Gasteiger partial charge in [-0.2, -0.15) is 0 Å². The Morgan fingerprint density at radius 1 is 1.00 bits per heavy atom. The van der Waals surface area contributed by atoms with Crippen molar-refractivity contribution in [3.05, 3.63) is 51.8 Å². The Kier molecular flexibility index (Phi) is 6.78. The summed E-state index contributed by atoms with van der Waals surface area (Å²) in [6.07, 6.45) is 0. The van der Waals surface area contributed by atoms with Crippen LogP contribution < -0.4 is 9.47 Å². The van der Waals surface area contributed by atoms with Gasteiger partial charge in [-0.25, -0.2) is 0 Å². The van der Waals surface area contributed by atoms with E-state index < -0.39 is 0 Å². The van der Waals surface area contributed by atoms with Crippen molar-refractivity contribution in [1.29, 1.82) is 0 Å². The lowest BCUT2D eigenvalue weighted by atomic mass is 10.1. The van der Waals surface area contributed by atoms with Gasteiger partial charge >= 0.3 is 0 Å². The third kappa shape index (κ3) is 4.23. The van der Waals surface area contributed by atoms with Crippen LogP contribution in [0.2, 0.25) is 0 Å². The van der Waals surface area contributed by atoms with E-state index in [9.17, 15) is 14.7 Å². The highest BCUT2D eigenvalue weighted by Gasteiger charge is 2.42. The number of imide groups is 1. The smallest absolute Gasteiger partial charge is 0.278 e. The lowest BCUT2D eigenvalue weighted by molar-refractivity contribution is -0.138. The van der Waals surface area contributed by atoms with E-state index in [1.165, 1.54) is 16.2 Å². The maximum absolute atomic E-state index is 13.5. The first-order valence-electron chi connectivity index (χ1n) is 10.5. The maximum Gasteiger partial charge on any atom is 0.278 e. The lowest BCUT2D eigenvalue weighted by Crippen LogP contribution is -2.48. The van der Waals surface area contributed by atoms with Crippen molar-refractivity contribution < 1.29 is 24.2 Å². The fraction of sp³-hybridized carbons (Fsp3) is 0.391. The second-order valence-corrected chi connectivity index (χ2v) is 8.59. The van der Waals surface area contributed by atoms with E-state index >= 15 is 0 Å². The molecule has 170 valence electrons. The average Bonchev–Trinajstić information content (AvgIpc) is 3.42. The zero-order valence-corrected chi connectivity index (χ0v) is 19.1. The molecule has 0 saturated carbocycles. The Morgan fingerprint density at radius 3 is 2.38 bits per heavy atom. The molecule has 0 atom stereocenters. The van der Waals surface area contributed by atoms with Crippen LogP contribution >= 0.6 is 11.3 Å². The number of nitrogens with zero attached hydrogens (tertiary/aromatic N) is 3. The summed E-state index contributed by atoms with van der Waals surface area (Å²) in [6, 6.07) is 9.16. The molecule has 0 radical (unpaired) electrons. The van der Waals surface area contributed by atoms with Crippen LogP contribution in [0.5, 0.6) is 11.5 Å². The maximum atomic E-state index is 13.5. The number of β-amino-alcohol motifs (C(OH)–C–C–N with tert-alkyl or cyclic N) is 1. The third-order valence-corrected chi connectivity index (χ3v) is 6.69. The lowest BCUT2D eigenvalue weighted by Gasteiger charge is -2.36. The van der Waals surface area contributed by atoms with E-state index in [-0.39, 0.29) is 25.0 Å². The van der Waals surface area contributed by atoms with Crippen molar-refractivity contribution in [3.63, 3.8) is 0 Å². The van der Waals surface area contributed by atoms with Gasteiger partial charge in [0, 0.05) is 37.6 Å². The molecule has 8 nitrogen and oxygen atoms in total. The number of ether oxygens (including phenoxy) is 2. The molecule has 2 aromatic rings. The minimum Gasteiger partial charge on any atom is -0.493 e. The number of thiophene rings is 1. The molecule has 0 aliphatic carbocycles. The summed E-state index contributed by atoms with van der Waals surface area (Å²) < 4.78 is 10.7. The fourth-order valence-corrected chi connectivity index (χ4v) is 4.90. The van der Waals surface area contributed by atoms with Crippen molar-refractivity contribution in [1.82, 2.24) is 14.7 Å². The van der Waals surface area contributed by atoms with Gasteiger partial charge in [0.2, 0.25) is 0 Å². The monoisotopic (exact) mass is 457 g/mol. The minimum absolute atomic E-state index is 0.111. The number of carbonyl (C=O) groups is 2. The van der Waals surface area contributed by atoms with Crippen molar-refractivity contribution in [3.8, 4) is 11.5 Å². The molecule has 2 amide bonds. The number of benzene rings is 1. The van der Waals surface area contributed by atoms with Gasteiger partial charge in [0.05, 0.1) is 32.9 Å². The van der Waals surface area contributed by atoms with E-state index in [4.69, 9.17) is 9.47 Å². The summed E-state index contributed by atoms with van der Waals surface area (Å²) in [5.74, 6) is 0.591. The molecule has 2 aliphatic rings. The fourth-order valence-electron chi connectivity index (χ4n) is 4.14. The van der Waals surface area contributed by atoms with Crippen LogP contribution in [0.15, 0.2) is 41.4 Å². The highest BCUT2D eigenvalue weighted by atomic mass is 32.1. The van der Waals surface area contributed by atoms with E-state index in [2.05, 4.69) is 4.90 Å². The van der Waals surface area contributed by atoms with Crippen LogP contribution in [0.3, 0.4) is 0 Å². The largest absolute Gasteiger partial charge is 0.493 e. The summed E-state index contributed by atoms with van der Waals surface area (Å²) in [6.45, 7) is 3.61. The zero-order chi connectivity index (χ0) is 22.7. The summed E-state index contributed by atoms with van der Waals surface area (Å²) in [5, 5.41) is 11.1. The number of aliphatic hydroxyl groups is 1. The summed E-state index contributed by atoms with van der Waals surface area (Å²) in [7, 11) is 3.12. The molecular weight excluding hydrogens is 430 g/mol. The second-order valence-electron chi connectivity index (χ2n) is 7.64. The van der Waals surface area contributed by atoms with Crippen LogP contribution in [0.25, 0.3) is 5.57 Å². The van der Waals surface area contributed by atoms with Crippen molar-refractivity contribution in [2.75, 3.05) is 53.6 Å². The van der Waals surface area contributed by atoms with Gasteiger partial charge in [-0.3, -0.25) is 19.4 Å². The predicted molar refractivity (Wildman–Crippen MR) is 121 cm³/mol. The van der Waals surface area contributed by atoms with Gasteiger partial charge in [-0.15, -0.1) is 11.3 Å². The molecule has 0 bridgehead atoms.